The van der Waals surface area contributed by atoms with Crippen LogP contribution in [0, 0.1) is 0 Å². The highest BCUT2D eigenvalue weighted by atomic mass is 79.9. The first-order chi connectivity index (χ1) is 10.6. The van der Waals surface area contributed by atoms with Gasteiger partial charge in [-0.2, -0.15) is 0 Å². The Morgan fingerprint density at radius 2 is 2.00 bits per heavy atom. The molecular weight excluding hydrogens is 350 g/mol. The van der Waals surface area contributed by atoms with Crippen LogP contribution in [0.5, 0.6) is 0 Å². The first kappa shape index (κ1) is 14.9. The molecule has 1 aliphatic rings. The maximum absolute atomic E-state index is 12.3. The van der Waals surface area contributed by atoms with Crippen LogP contribution < -0.4 is 16.0 Å². The highest BCUT2D eigenvalue weighted by Crippen LogP contribution is 2.29. The second-order valence-electron chi connectivity index (χ2n) is 4.93. The summed E-state index contributed by atoms with van der Waals surface area (Å²) in [5, 5.41) is 2.86. The minimum absolute atomic E-state index is 0.238. The predicted molar refractivity (Wildman–Crippen MR) is 88.2 cm³/mol. The van der Waals surface area contributed by atoms with E-state index in [4.69, 9.17) is 14.9 Å². The number of morpholine rings is 1. The van der Waals surface area contributed by atoms with Crippen LogP contribution in [0.25, 0.3) is 0 Å². The van der Waals surface area contributed by atoms with Gasteiger partial charge in [0.15, 0.2) is 10.4 Å². The van der Waals surface area contributed by atoms with Crippen LogP contribution in [-0.2, 0) is 4.74 Å². The number of nitrogen functional groups attached to an aromatic ring is 1. The standard InChI is InChI=1S/C15H16BrN3O3/c16-14-4-3-13(22-14)15(20)18-11-9-10(17)1-2-12(11)19-5-7-21-8-6-19/h1-4,9H,5-8,17H2,(H,18,20). The molecule has 2 heterocycles. The van der Waals surface area contributed by atoms with E-state index >= 15 is 0 Å². The zero-order valence-electron chi connectivity index (χ0n) is 11.8. The van der Waals surface area contributed by atoms with Crippen LogP contribution in [0.3, 0.4) is 0 Å². The molecule has 1 fully saturated rings. The van der Waals surface area contributed by atoms with Gasteiger partial charge in [-0.1, -0.05) is 0 Å². The SMILES string of the molecule is Nc1ccc(N2CCOCC2)c(NC(=O)c2ccc(Br)o2)c1. The number of nitrogens with two attached hydrogens (primary N) is 1. The van der Waals surface area contributed by atoms with E-state index in [0.29, 0.717) is 29.3 Å². The maximum atomic E-state index is 12.3. The lowest BCUT2D eigenvalue weighted by molar-refractivity contribution is 0.0995. The highest BCUT2D eigenvalue weighted by Gasteiger charge is 2.18. The molecule has 0 atom stereocenters. The number of nitrogens with one attached hydrogen (secondary N) is 1. The fraction of sp³-hybridized carbons (Fsp3) is 0.267. The molecule has 1 aromatic carbocycles. The number of halogens is 1. The summed E-state index contributed by atoms with van der Waals surface area (Å²) in [6.45, 7) is 2.89. The molecule has 0 spiro atoms. The molecule has 7 heteroatoms. The number of carbonyl (C=O) groups excluding carboxylic acids is 1. The van der Waals surface area contributed by atoms with E-state index in [1.807, 2.05) is 12.1 Å². The molecule has 1 aromatic heterocycles. The quantitative estimate of drug-likeness (QED) is 0.817. The minimum atomic E-state index is -0.314. The first-order valence-electron chi connectivity index (χ1n) is 6.92. The summed E-state index contributed by atoms with van der Waals surface area (Å²) in [5.41, 5.74) is 8.03. The molecule has 2 aromatic rings. The van der Waals surface area contributed by atoms with Gasteiger partial charge in [0.1, 0.15) is 0 Å². The number of benzene rings is 1. The third-order valence-electron chi connectivity index (χ3n) is 3.42. The van der Waals surface area contributed by atoms with Crippen molar-refractivity contribution in [2.24, 2.45) is 0 Å². The van der Waals surface area contributed by atoms with Crippen molar-refractivity contribution >= 4 is 38.9 Å². The summed E-state index contributed by atoms with van der Waals surface area (Å²) in [5.74, 6) is -0.0759. The summed E-state index contributed by atoms with van der Waals surface area (Å²) in [7, 11) is 0. The molecule has 0 saturated carbocycles. The van der Waals surface area contributed by atoms with Crippen LogP contribution in [0.15, 0.2) is 39.4 Å². The second-order valence-corrected chi connectivity index (χ2v) is 5.72. The molecule has 0 radical (unpaired) electrons. The first-order valence-corrected chi connectivity index (χ1v) is 7.72. The molecule has 116 valence electrons. The lowest BCUT2D eigenvalue weighted by Gasteiger charge is -2.30. The number of amides is 1. The monoisotopic (exact) mass is 365 g/mol. The topological polar surface area (TPSA) is 80.7 Å². The highest BCUT2D eigenvalue weighted by molar-refractivity contribution is 9.10. The molecule has 0 aliphatic carbocycles. The van der Waals surface area contributed by atoms with E-state index in [2.05, 4.69) is 26.1 Å². The van der Waals surface area contributed by atoms with Crippen LogP contribution in [-0.4, -0.2) is 32.2 Å². The summed E-state index contributed by atoms with van der Waals surface area (Å²) < 4.78 is 11.1. The van der Waals surface area contributed by atoms with Crippen LogP contribution >= 0.6 is 15.9 Å². The Morgan fingerprint density at radius 1 is 1.23 bits per heavy atom. The zero-order valence-corrected chi connectivity index (χ0v) is 13.4. The summed E-state index contributed by atoms with van der Waals surface area (Å²) in [4.78, 5) is 14.4. The lowest BCUT2D eigenvalue weighted by Crippen LogP contribution is -2.36. The minimum Gasteiger partial charge on any atom is -0.444 e. The average Bonchev–Trinajstić information content (AvgIpc) is 2.95. The van der Waals surface area contributed by atoms with Crippen LogP contribution in [0.4, 0.5) is 17.1 Å². The Kier molecular flexibility index (Phi) is 4.35. The van der Waals surface area contributed by atoms with Crippen molar-refractivity contribution < 1.29 is 13.9 Å². The van der Waals surface area contributed by atoms with Gasteiger partial charge >= 0.3 is 0 Å². The maximum Gasteiger partial charge on any atom is 0.291 e. The number of carbonyl (C=O) groups is 1. The zero-order chi connectivity index (χ0) is 15.5. The fourth-order valence-corrected chi connectivity index (χ4v) is 2.66. The number of rotatable bonds is 3. The van der Waals surface area contributed by atoms with Gasteiger partial charge in [-0.05, 0) is 46.3 Å². The van der Waals surface area contributed by atoms with Gasteiger partial charge < -0.3 is 25.1 Å². The molecule has 1 aliphatic heterocycles. The Balaban J connectivity index is 1.85. The van der Waals surface area contributed by atoms with Gasteiger partial charge in [-0.15, -0.1) is 0 Å². The molecule has 3 rings (SSSR count). The van der Waals surface area contributed by atoms with E-state index in [1.165, 1.54) is 0 Å². The smallest absolute Gasteiger partial charge is 0.291 e. The van der Waals surface area contributed by atoms with Gasteiger partial charge in [0, 0.05) is 18.8 Å². The van der Waals surface area contributed by atoms with Crippen molar-refractivity contribution in [1.29, 1.82) is 0 Å². The number of hydrogen-bond donors (Lipinski definition) is 2. The average molecular weight is 366 g/mol. The number of anilines is 3. The third-order valence-corrected chi connectivity index (χ3v) is 3.84. The molecule has 1 amide bonds. The van der Waals surface area contributed by atoms with Gasteiger partial charge in [0.05, 0.1) is 24.6 Å². The summed E-state index contributed by atoms with van der Waals surface area (Å²) in [6, 6.07) is 8.77. The largest absolute Gasteiger partial charge is 0.444 e. The summed E-state index contributed by atoms with van der Waals surface area (Å²) in [6.07, 6.45) is 0. The normalized spacial score (nSPS) is 14.9. The van der Waals surface area contributed by atoms with Gasteiger partial charge in [0.25, 0.3) is 5.91 Å². The molecule has 6 nitrogen and oxygen atoms in total. The van der Waals surface area contributed by atoms with E-state index in [1.54, 1.807) is 18.2 Å². The molecule has 0 unspecified atom stereocenters. The Labute approximate surface area is 136 Å². The summed E-state index contributed by atoms with van der Waals surface area (Å²) >= 11 is 3.19. The molecular formula is C15H16BrN3O3. The van der Waals surface area contributed by atoms with Crippen molar-refractivity contribution in [2.75, 3.05) is 42.3 Å². The number of hydrogen-bond acceptors (Lipinski definition) is 5. The van der Waals surface area contributed by atoms with Gasteiger partial charge in [0.2, 0.25) is 0 Å². The molecule has 22 heavy (non-hydrogen) atoms. The Hall–Kier alpha value is -1.99. The van der Waals surface area contributed by atoms with Crippen molar-refractivity contribution in [3.05, 3.63) is 40.8 Å². The fourth-order valence-electron chi connectivity index (χ4n) is 2.35. The molecule has 0 bridgehead atoms. The van der Waals surface area contributed by atoms with Gasteiger partial charge in [-0.25, -0.2) is 0 Å². The van der Waals surface area contributed by atoms with Crippen molar-refractivity contribution in [3.8, 4) is 0 Å². The predicted octanol–water partition coefficient (Wildman–Crippen LogP) is 2.71. The van der Waals surface area contributed by atoms with Crippen molar-refractivity contribution in [1.82, 2.24) is 0 Å². The van der Waals surface area contributed by atoms with E-state index in [0.717, 1.165) is 18.8 Å². The number of ether oxygens (including phenoxy) is 1. The van der Waals surface area contributed by atoms with Crippen molar-refractivity contribution in [3.63, 3.8) is 0 Å². The molecule has 1 saturated heterocycles. The Morgan fingerprint density at radius 3 is 2.68 bits per heavy atom. The Bertz CT molecular complexity index is 680. The molecule has 3 N–H and O–H groups in total. The van der Waals surface area contributed by atoms with E-state index in [9.17, 15) is 4.79 Å². The van der Waals surface area contributed by atoms with E-state index in [-0.39, 0.29) is 11.7 Å². The number of nitrogens with zero attached hydrogens (tertiary/aromatic N) is 1. The second kappa shape index (κ2) is 6.41. The van der Waals surface area contributed by atoms with Crippen molar-refractivity contribution in [2.45, 2.75) is 0 Å². The van der Waals surface area contributed by atoms with Gasteiger partial charge in [-0.3, -0.25) is 4.79 Å². The number of furan rings is 1. The third kappa shape index (κ3) is 3.26. The van der Waals surface area contributed by atoms with Crippen LogP contribution in [0.2, 0.25) is 0 Å². The lowest BCUT2D eigenvalue weighted by atomic mass is 10.2. The van der Waals surface area contributed by atoms with E-state index < -0.39 is 0 Å². The van der Waals surface area contributed by atoms with Crippen LogP contribution in [0.1, 0.15) is 10.6 Å².